The van der Waals surface area contributed by atoms with Crippen LogP contribution in [0.5, 0.6) is 11.5 Å². The molecular formula is C13H11ClO4S. The fraction of sp³-hybridized carbons (Fsp3) is 0.0769. The van der Waals surface area contributed by atoms with Gasteiger partial charge in [0.05, 0.1) is 0 Å². The highest BCUT2D eigenvalue weighted by atomic mass is 35.5. The molecule has 0 aliphatic carbocycles. The molecule has 0 aliphatic rings. The van der Waals surface area contributed by atoms with Crippen LogP contribution in [-0.2, 0) is 10.1 Å². The maximum Gasteiger partial charge on any atom is 0.339 e. The summed E-state index contributed by atoms with van der Waals surface area (Å²) >= 11 is 5.66. The minimum absolute atomic E-state index is 0.0208. The van der Waals surface area contributed by atoms with Gasteiger partial charge >= 0.3 is 10.1 Å². The van der Waals surface area contributed by atoms with E-state index in [1.807, 2.05) is 6.92 Å². The molecule has 0 saturated carbocycles. The Hall–Kier alpha value is -1.72. The predicted octanol–water partition coefficient (Wildman–Crippen LogP) is 3.12. The van der Waals surface area contributed by atoms with Gasteiger partial charge in [0.1, 0.15) is 4.90 Å². The lowest BCUT2D eigenvalue weighted by molar-refractivity contribution is 0.428. The molecule has 0 spiro atoms. The molecule has 0 bridgehead atoms. The van der Waals surface area contributed by atoms with Gasteiger partial charge in [0, 0.05) is 11.1 Å². The monoisotopic (exact) mass is 298 g/mol. The third-order valence-electron chi connectivity index (χ3n) is 2.43. The molecule has 0 amide bonds. The Morgan fingerprint density at radius 2 is 1.74 bits per heavy atom. The minimum atomic E-state index is -3.97. The molecule has 0 heterocycles. The third kappa shape index (κ3) is 3.19. The van der Waals surface area contributed by atoms with E-state index in [0.29, 0.717) is 0 Å². The van der Waals surface area contributed by atoms with Crippen LogP contribution in [0, 0.1) is 6.92 Å². The van der Waals surface area contributed by atoms with Crippen LogP contribution < -0.4 is 4.18 Å². The minimum Gasteiger partial charge on any atom is -0.504 e. The van der Waals surface area contributed by atoms with E-state index in [-0.39, 0.29) is 21.4 Å². The largest absolute Gasteiger partial charge is 0.504 e. The number of benzene rings is 2. The number of aryl methyl sites for hydroxylation is 1. The van der Waals surface area contributed by atoms with Crippen molar-refractivity contribution in [2.45, 2.75) is 11.8 Å². The van der Waals surface area contributed by atoms with Crippen LogP contribution >= 0.6 is 11.6 Å². The van der Waals surface area contributed by atoms with Gasteiger partial charge in [0.15, 0.2) is 11.5 Å². The second-order valence-corrected chi connectivity index (χ2v) is 5.95. The summed E-state index contributed by atoms with van der Waals surface area (Å²) < 4.78 is 28.8. The molecule has 0 radical (unpaired) electrons. The molecule has 0 saturated heterocycles. The molecule has 0 aromatic heterocycles. The molecule has 0 atom stereocenters. The summed E-state index contributed by atoms with van der Waals surface area (Å²) in [6.07, 6.45) is 0. The number of hydrogen-bond donors (Lipinski definition) is 1. The molecule has 0 aliphatic heterocycles. The Bertz CT molecular complexity index is 693. The Kier molecular flexibility index (Phi) is 3.68. The Morgan fingerprint density at radius 3 is 2.32 bits per heavy atom. The molecule has 4 nitrogen and oxygen atoms in total. The van der Waals surface area contributed by atoms with Crippen LogP contribution in [0.4, 0.5) is 0 Å². The van der Waals surface area contributed by atoms with Crippen LogP contribution in [0.3, 0.4) is 0 Å². The van der Waals surface area contributed by atoms with E-state index < -0.39 is 10.1 Å². The first-order valence-electron chi connectivity index (χ1n) is 5.38. The number of rotatable bonds is 3. The first kappa shape index (κ1) is 13.7. The van der Waals surface area contributed by atoms with Gasteiger partial charge < -0.3 is 9.29 Å². The number of halogens is 1. The van der Waals surface area contributed by atoms with Crippen molar-refractivity contribution in [3.8, 4) is 11.5 Å². The van der Waals surface area contributed by atoms with E-state index in [9.17, 15) is 13.5 Å². The van der Waals surface area contributed by atoms with Crippen LogP contribution in [0.15, 0.2) is 47.4 Å². The molecule has 0 fully saturated rings. The normalized spacial score (nSPS) is 11.3. The molecule has 0 unspecified atom stereocenters. The lowest BCUT2D eigenvalue weighted by Gasteiger charge is -2.08. The van der Waals surface area contributed by atoms with Crippen molar-refractivity contribution >= 4 is 21.7 Å². The summed E-state index contributed by atoms with van der Waals surface area (Å²) in [6.45, 7) is 1.85. The Morgan fingerprint density at radius 1 is 1.11 bits per heavy atom. The van der Waals surface area contributed by atoms with Gasteiger partial charge in [0.25, 0.3) is 0 Å². The number of phenols is 1. The van der Waals surface area contributed by atoms with Crippen LogP contribution in [0.25, 0.3) is 0 Å². The highest BCUT2D eigenvalue weighted by Crippen LogP contribution is 2.31. The Labute approximate surface area is 116 Å². The van der Waals surface area contributed by atoms with Gasteiger partial charge in [-0.05, 0) is 31.2 Å². The van der Waals surface area contributed by atoms with E-state index in [2.05, 4.69) is 0 Å². The summed E-state index contributed by atoms with van der Waals surface area (Å²) in [6, 6.07) is 10.2. The van der Waals surface area contributed by atoms with Gasteiger partial charge in [-0.1, -0.05) is 29.3 Å². The van der Waals surface area contributed by atoms with E-state index in [1.165, 1.54) is 30.3 Å². The standard InChI is InChI=1S/C13H11ClO4S/c1-9-2-5-11(6-3-9)19(16,17)18-13-7-4-10(14)8-12(13)15/h2-8,15H,1H3. The Balaban J connectivity index is 2.33. The van der Waals surface area contributed by atoms with Gasteiger partial charge in [0.2, 0.25) is 0 Å². The van der Waals surface area contributed by atoms with E-state index in [1.54, 1.807) is 12.1 Å². The smallest absolute Gasteiger partial charge is 0.339 e. The van der Waals surface area contributed by atoms with Crippen molar-refractivity contribution in [3.63, 3.8) is 0 Å². The van der Waals surface area contributed by atoms with Crippen molar-refractivity contribution in [2.75, 3.05) is 0 Å². The van der Waals surface area contributed by atoms with Crippen LogP contribution in [0.2, 0.25) is 5.02 Å². The average molecular weight is 299 g/mol. The zero-order valence-corrected chi connectivity index (χ0v) is 11.6. The molecule has 2 aromatic rings. The van der Waals surface area contributed by atoms with Crippen LogP contribution in [-0.4, -0.2) is 13.5 Å². The zero-order chi connectivity index (χ0) is 14.0. The lowest BCUT2D eigenvalue weighted by Crippen LogP contribution is -2.09. The van der Waals surface area contributed by atoms with Crippen molar-refractivity contribution in [2.24, 2.45) is 0 Å². The molecule has 100 valence electrons. The number of hydrogen-bond acceptors (Lipinski definition) is 4. The number of phenolic OH excluding ortho intramolecular Hbond substituents is 1. The molecular weight excluding hydrogens is 288 g/mol. The fourth-order valence-corrected chi connectivity index (χ4v) is 2.54. The molecule has 19 heavy (non-hydrogen) atoms. The van der Waals surface area contributed by atoms with Crippen molar-refractivity contribution in [1.29, 1.82) is 0 Å². The summed E-state index contributed by atoms with van der Waals surface area (Å²) in [5, 5.41) is 9.86. The quantitative estimate of drug-likeness (QED) is 0.884. The summed E-state index contributed by atoms with van der Waals surface area (Å²) in [4.78, 5) is 0.0208. The highest BCUT2D eigenvalue weighted by Gasteiger charge is 2.18. The molecule has 1 N–H and O–H groups in total. The zero-order valence-electron chi connectivity index (χ0n) is 10.00. The maximum absolute atomic E-state index is 12.0. The second kappa shape index (κ2) is 5.11. The summed E-state index contributed by atoms with van der Waals surface area (Å²) in [5.41, 5.74) is 0.938. The van der Waals surface area contributed by atoms with E-state index >= 15 is 0 Å². The van der Waals surface area contributed by atoms with Crippen LogP contribution in [0.1, 0.15) is 5.56 Å². The van der Waals surface area contributed by atoms with E-state index in [0.717, 1.165) is 5.56 Å². The first-order valence-corrected chi connectivity index (χ1v) is 7.17. The average Bonchev–Trinajstić information content (AvgIpc) is 2.33. The summed E-state index contributed by atoms with van der Waals surface area (Å²) in [7, 11) is -3.97. The second-order valence-electron chi connectivity index (χ2n) is 3.96. The van der Waals surface area contributed by atoms with E-state index in [4.69, 9.17) is 15.8 Å². The first-order chi connectivity index (χ1) is 8.88. The van der Waals surface area contributed by atoms with Crippen molar-refractivity contribution < 1.29 is 17.7 Å². The van der Waals surface area contributed by atoms with Gasteiger partial charge in [-0.15, -0.1) is 0 Å². The van der Waals surface area contributed by atoms with Gasteiger partial charge in [-0.3, -0.25) is 0 Å². The molecule has 2 rings (SSSR count). The van der Waals surface area contributed by atoms with Gasteiger partial charge in [-0.25, -0.2) is 0 Å². The third-order valence-corrected chi connectivity index (χ3v) is 3.91. The number of aromatic hydroxyl groups is 1. The fourth-order valence-electron chi connectivity index (χ4n) is 1.43. The lowest BCUT2D eigenvalue weighted by atomic mass is 10.2. The molecule has 2 aromatic carbocycles. The topological polar surface area (TPSA) is 63.6 Å². The van der Waals surface area contributed by atoms with Gasteiger partial charge in [-0.2, -0.15) is 8.42 Å². The van der Waals surface area contributed by atoms with Crippen molar-refractivity contribution in [3.05, 3.63) is 53.1 Å². The summed E-state index contributed by atoms with van der Waals surface area (Å²) in [5.74, 6) is -0.492. The van der Waals surface area contributed by atoms with Crippen molar-refractivity contribution in [1.82, 2.24) is 0 Å². The SMILES string of the molecule is Cc1ccc(S(=O)(=O)Oc2ccc(Cl)cc2O)cc1. The highest BCUT2D eigenvalue weighted by molar-refractivity contribution is 7.87. The maximum atomic E-state index is 12.0. The predicted molar refractivity (Wildman–Crippen MR) is 72.1 cm³/mol. The molecule has 6 heteroatoms.